The van der Waals surface area contributed by atoms with Gasteiger partial charge in [0.2, 0.25) is 0 Å². The Morgan fingerprint density at radius 3 is 2.52 bits per heavy atom. The molecule has 0 atom stereocenters. The number of non-ortho nitro benzene ring substituents is 1. The van der Waals surface area contributed by atoms with Gasteiger partial charge in [-0.25, -0.2) is 0 Å². The number of hydrogen-bond acceptors (Lipinski definition) is 4. The summed E-state index contributed by atoms with van der Waals surface area (Å²) in [5.74, 6) is -0.124. The SMILES string of the molecule is O=C(/C=C/Nc1ccc([N+](=O)[O-])cc1Br)c1ccccc1. The van der Waals surface area contributed by atoms with Gasteiger partial charge in [-0.2, -0.15) is 0 Å². The highest BCUT2D eigenvalue weighted by molar-refractivity contribution is 9.10. The summed E-state index contributed by atoms with van der Waals surface area (Å²) in [7, 11) is 0. The molecule has 0 aromatic heterocycles. The molecule has 0 amide bonds. The van der Waals surface area contributed by atoms with E-state index in [-0.39, 0.29) is 11.5 Å². The molecule has 0 aliphatic rings. The smallest absolute Gasteiger partial charge is 0.270 e. The molecule has 0 unspecified atom stereocenters. The van der Waals surface area contributed by atoms with Crippen molar-refractivity contribution in [2.75, 3.05) is 5.32 Å². The quantitative estimate of drug-likeness (QED) is 0.381. The summed E-state index contributed by atoms with van der Waals surface area (Å²) in [6, 6.07) is 13.2. The average molecular weight is 347 g/mol. The summed E-state index contributed by atoms with van der Waals surface area (Å²) in [5, 5.41) is 13.5. The van der Waals surface area contributed by atoms with Crippen molar-refractivity contribution in [3.05, 3.63) is 81.0 Å². The van der Waals surface area contributed by atoms with Gasteiger partial charge in [0.1, 0.15) is 0 Å². The Morgan fingerprint density at radius 1 is 1.19 bits per heavy atom. The number of nitrogens with one attached hydrogen (secondary N) is 1. The molecule has 0 saturated carbocycles. The van der Waals surface area contributed by atoms with Crippen molar-refractivity contribution in [3.8, 4) is 0 Å². The average Bonchev–Trinajstić information content (AvgIpc) is 2.49. The number of anilines is 1. The Balaban J connectivity index is 2.05. The number of halogens is 1. The van der Waals surface area contributed by atoms with Crippen LogP contribution in [-0.2, 0) is 0 Å². The second-order valence-electron chi connectivity index (χ2n) is 4.13. The van der Waals surface area contributed by atoms with E-state index in [1.165, 1.54) is 24.4 Å². The van der Waals surface area contributed by atoms with Crippen LogP contribution in [0.2, 0.25) is 0 Å². The zero-order valence-electron chi connectivity index (χ0n) is 10.8. The van der Waals surface area contributed by atoms with Crippen molar-refractivity contribution < 1.29 is 9.72 Å². The second kappa shape index (κ2) is 6.81. The minimum Gasteiger partial charge on any atom is -0.361 e. The van der Waals surface area contributed by atoms with Crippen LogP contribution in [0.25, 0.3) is 0 Å². The van der Waals surface area contributed by atoms with Crippen LogP contribution in [0.1, 0.15) is 10.4 Å². The van der Waals surface area contributed by atoms with E-state index >= 15 is 0 Å². The first-order valence-corrected chi connectivity index (χ1v) is 6.83. The molecule has 0 fully saturated rings. The van der Waals surface area contributed by atoms with Gasteiger partial charge in [0.25, 0.3) is 5.69 Å². The second-order valence-corrected chi connectivity index (χ2v) is 4.98. The lowest BCUT2D eigenvalue weighted by Gasteiger charge is -2.03. The molecule has 1 N–H and O–H groups in total. The molecule has 21 heavy (non-hydrogen) atoms. The molecule has 2 aromatic rings. The van der Waals surface area contributed by atoms with Gasteiger partial charge in [-0.3, -0.25) is 14.9 Å². The number of carbonyl (C=O) groups is 1. The Kier molecular flexibility index (Phi) is 4.84. The van der Waals surface area contributed by atoms with Gasteiger partial charge >= 0.3 is 0 Å². The van der Waals surface area contributed by atoms with E-state index in [2.05, 4.69) is 21.2 Å². The van der Waals surface area contributed by atoms with Crippen molar-refractivity contribution >= 4 is 33.1 Å². The van der Waals surface area contributed by atoms with Crippen molar-refractivity contribution in [2.45, 2.75) is 0 Å². The van der Waals surface area contributed by atoms with E-state index in [9.17, 15) is 14.9 Å². The minimum absolute atomic E-state index is 0.00299. The molecule has 6 heteroatoms. The number of ketones is 1. The van der Waals surface area contributed by atoms with E-state index in [1.807, 2.05) is 6.07 Å². The summed E-state index contributed by atoms with van der Waals surface area (Å²) >= 11 is 3.24. The Hall–Kier alpha value is -2.47. The van der Waals surface area contributed by atoms with E-state index < -0.39 is 4.92 Å². The van der Waals surface area contributed by atoms with Crippen molar-refractivity contribution in [3.63, 3.8) is 0 Å². The van der Waals surface area contributed by atoms with Gasteiger partial charge in [0.05, 0.1) is 10.6 Å². The van der Waals surface area contributed by atoms with Crippen molar-refractivity contribution in [1.82, 2.24) is 0 Å². The number of carbonyl (C=O) groups excluding carboxylic acids is 1. The predicted molar refractivity (Wildman–Crippen MR) is 84.3 cm³/mol. The topological polar surface area (TPSA) is 72.2 Å². The molecule has 0 radical (unpaired) electrons. The first-order chi connectivity index (χ1) is 10.1. The number of allylic oxidation sites excluding steroid dienone is 1. The van der Waals surface area contributed by atoms with Crippen LogP contribution >= 0.6 is 15.9 Å². The molecule has 0 aliphatic heterocycles. The lowest BCUT2D eigenvalue weighted by Crippen LogP contribution is -1.96. The fourth-order valence-electron chi connectivity index (χ4n) is 1.64. The van der Waals surface area contributed by atoms with Crippen LogP contribution in [0.5, 0.6) is 0 Å². The number of hydrogen-bond donors (Lipinski definition) is 1. The molecular formula is C15H11BrN2O3. The van der Waals surface area contributed by atoms with Gasteiger partial charge in [-0.1, -0.05) is 30.3 Å². The van der Waals surface area contributed by atoms with Crippen LogP contribution in [-0.4, -0.2) is 10.7 Å². The Labute approximate surface area is 129 Å². The molecule has 0 heterocycles. The third-order valence-electron chi connectivity index (χ3n) is 2.70. The molecule has 0 spiro atoms. The highest BCUT2D eigenvalue weighted by atomic mass is 79.9. The standard InChI is InChI=1S/C15H11BrN2O3/c16-13-10-12(18(20)21)6-7-14(13)17-9-8-15(19)11-4-2-1-3-5-11/h1-10,17H/b9-8+. The lowest BCUT2D eigenvalue weighted by molar-refractivity contribution is -0.384. The summed E-state index contributed by atoms with van der Waals surface area (Å²) in [4.78, 5) is 22.0. The van der Waals surface area contributed by atoms with Crippen LogP contribution in [0.4, 0.5) is 11.4 Å². The van der Waals surface area contributed by atoms with Crippen molar-refractivity contribution in [1.29, 1.82) is 0 Å². The zero-order valence-corrected chi connectivity index (χ0v) is 12.4. The summed E-state index contributed by atoms with van der Waals surface area (Å²) in [6.45, 7) is 0. The van der Waals surface area contributed by atoms with E-state index in [0.717, 1.165) is 0 Å². The molecule has 106 valence electrons. The molecular weight excluding hydrogens is 336 g/mol. The maximum absolute atomic E-state index is 11.8. The summed E-state index contributed by atoms with van der Waals surface area (Å²) in [6.07, 6.45) is 2.91. The van der Waals surface area contributed by atoms with Gasteiger partial charge < -0.3 is 5.32 Å². The third kappa shape index (κ3) is 4.00. The molecule has 2 aromatic carbocycles. The maximum atomic E-state index is 11.8. The number of rotatable bonds is 5. The predicted octanol–water partition coefficient (Wildman–Crippen LogP) is 4.17. The van der Waals surface area contributed by atoms with Crippen LogP contribution < -0.4 is 5.32 Å². The number of nitro groups is 1. The zero-order chi connectivity index (χ0) is 15.2. The molecule has 0 aliphatic carbocycles. The van der Waals surface area contributed by atoms with E-state index in [4.69, 9.17) is 0 Å². The molecule has 2 rings (SSSR count). The number of benzene rings is 2. The normalized spacial score (nSPS) is 10.5. The highest BCUT2D eigenvalue weighted by Crippen LogP contribution is 2.27. The van der Waals surface area contributed by atoms with Gasteiger partial charge in [0, 0.05) is 34.4 Å². The fraction of sp³-hybridized carbons (Fsp3) is 0. The van der Waals surface area contributed by atoms with Gasteiger partial charge in [0.15, 0.2) is 5.78 Å². The Bertz CT molecular complexity index is 699. The van der Waals surface area contributed by atoms with Crippen molar-refractivity contribution in [2.24, 2.45) is 0 Å². The van der Waals surface area contributed by atoms with Gasteiger partial charge in [-0.15, -0.1) is 0 Å². The minimum atomic E-state index is -0.469. The maximum Gasteiger partial charge on any atom is 0.270 e. The first-order valence-electron chi connectivity index (χ1n) is 6.04. The number of nitrogens with zero attached hydrogens (tertiary/aromatic N) is 1. The number of nitro benzene ring substituents is 1. The molecule has 0 saturated heterocycles. The van der Waals surface area contributed by atoms with Crippen LogP contribution in [0, 0.1) is 10.1 Å². The molecule has 0 bridgehead atoms. The largest absolute Gasteiger partial charge is 0.361 e. The third-order valence-corrected chi connectivity index (χ3v) is 3.35. The van der Waals surface area contributed by atoms with Crippen LogP contribution in [0.3, 0.4) is 0 Å². The van der Waals surface area contributed by atoms with Crippen LogP contribution in [0.15, 0.2) is 65.3 Å². The first kappa shape index (κ1) is 14.9. The lowest BCUT2D eigenvalue weighted by atomic mass is 10.1. The summed E-state index contributed by atoms with van der Waals surface area (Å²) < 4.78 is 0.550. The summed E-state index contributed by atoms with van der Waals surface area (Å²) in [5.41, 5.74) is 1.23. The highest BCUT2D eigenvalue weighted by Gasteiger charge is 2.08. The Morgan fingerprint density at radius 2 is 1.90 bits per heavy atom. The van der Waals surface area contributed by atoms with E-state index in [1.54, 1.807) is 30.3 Å². The molecule has 5 nitrogen and oxygen atoms in total. The fourth-order valence-corrected chi connectivity index (χ4v) is 2.12. The monoisotopic (exact) mass is 346 g/mol. The van der Waals surface area contributed by atoms with E-state index in [0.29, 0.717) is 15.7 Å². The van der Waals surface area contributed by atoms with Gasteiger partial charge in [-0.05, 0) is 22.0 Å².